The Balaban J connectivity index is 2.27. The summed E-state index contributed by atoms with van der Waals surface area (Å²) in [5.74, 6) is -0.260. The van der Waals surface area contributed by atoms with Crippen LogP contribution >= 0.6 is 0 Å². The number of hydrogen-bond donors (Lipinski definition) is 3. The number of rotatable bonds is 6. The van der Waals surface area contributed by atoms with E-state index in [0.717, 1.165) is 6.20 Å². The number of alkyl halides is 3. The Bertz CT molecular complexity index is 736. The van der Waals surface area contributed by atoms with Crippen LogP contribution in [0, 0.1) is 6.92 Å². The van der Waals surface area contributed by atoms with Crippen molar-refractivity contribution in [2.24, 2.45) is 0 Å². The molecule has 3 N–H and O–H groups in total. The Kier molecular flexibility index (Phi) is 5.21. The van der Waals surface area contributed by atoms with Crippen LogP contribution in [0.1, 0.15) is 32.0 Å². The Morgan fingerprint density at radius 1 is 1.28 bits per heavy atom. The highest BCUT2D eigenvalue weighted by Gasteiger charge is 2.35. The number of hydrogen-bond acceptors (Lipinski definition) is 6. The van der Waals surface area contributed by atoms with E-state index < -0.39 is 17.3 Å². The zero-order valence-corrected chi connectivity index (χ0v) is 14.4. The molecule has 10 heteroatoms. The molecule has 2 rings (SSSR count). The molecule has 0 aromatic carbocycles. The van der Waals surface area contributed by atoms with Crippen LogP contribution < -0.4 is 10.6 Å². The summed E-state index contributed by atoms with van der Waals surface area (Å²) in [6, 6.07) is 0. The van der Waals surface area contributed by atoms with Gasteiger partial charge in [0.15, 0.2) is 0 Å². The van der Waals surface area contributed by atoms with Crippen molar-refractivity contribution in [2.75, 3.05) is 17.2 Å². The second-order valence-corrected chi connectivity index (χ2v) is 6.25. The monoisotopic (exact) mass is 358 g/mol. The van der Waals surface area contributed by atoms with E-state index in [0.29, 0.717) is 17.9 Å². The number of aryl methyl sites for hydroxylation is 1. The molecular formula is C15H21F3N6O. The highest BCUT2D eigenvalue weighted by Crippen LogP contribution is 2.34. The molecule has 0 spiro atoms. The summed E-state index contributed by atoms with van der Waals surface area (Å²) in [6.45, 7) is 7.28. The molecule has 0 bridgehead atoms. The smallest absolute Gasteiger partial charge is 0.389 e. The predicted octanol–water partition coefficient (Wildman–Crippen LogP) is 2.95. The summed E-state index contributed by atoms with van der Waals surface area (Å²) in [5, 5.41) is 19.5. The van der Waals surface area contributed by atoms with Crippen LogP contribution in [0.25, 0.3) is 0 Å². The second-order valence-electron chi connectivity index (χ2n) is 6.25. The molecular weight excluding hydrogens is 337 g/mol. The van der Waals surface area contributed by atoms with Crippen LogP contribution in [0.2, 0.25) is 0 Å². The summed E-state index contributed by atoms with van der Waals surface area (Å²) in [5.41, 5.74) is -0.711. The van der Waals surface area contributed by atoms with Gasteiger partial charge in [-0.3, -0.25) is 4.68 Å². The summed E-state index contributed by atoms with van der Waals surface area (Å²) in [7, 11) is 0. The number of aliphatic hydroxyl groups is 1. The highest BCUT2D eigenvalue weighted by atomic mass is 19.4. The van der Waals surface area contributed by atoms with Crippen molar-refractivity contribution in [1.29, 1.82) is 0 Å². The molecule has 0 radical (unpaired) electrons. The predicted molar refractivity (Wildman–Crippen MR) is 87.7 cm³/mol. The van der Waals surface area contributed by atoms with Crippen LogP contribution in [0.4, 0.5) is 30.6 Å². The van der Waals surface area contributed by atoms with Gasteiger partial charge in [-0.05, 0) is 27.7 Å². The molecule has 2 heterocycles. The number of nitrogens with one attached hydrogen (secondary N) is 2. The molecule has 25 heavy (non-hydrogen) atoms. The lowest BCUT2D eigenvalue weighted by atomic mass is 10.1. The lowest BCUT2D eigenvalue weighted by Gasteiger charge is -2.16. The SMILES string of the molecule is CCNc1nc(Nc2cn(CC(C)(C)O)nc2C)ncc1C(F)(F)F. The third kappa shape index (κ3) is 5.05. The second kappa shape index (κ2) is 6.87. The number of anilines is 3. The van der Waals surface area contributed by atoms with Crippen LogP contribution in [-0.2, 0) is 12.7 Å². The van der Waals surface area contributed by atoms with E-state index in [9.17, 15) is 18.3 Å². The Morgan fingerprint density at radius 3 is 2.52 bits per heavy atom. The van der Waals surface area contributed by atoms with Gasteiger partial charge < -0.3 is 15.7 Å². The quantitative estimate of drug-likeness (QED) is 0.736. The zero-order valence-electron chi connectivity index (χ0n) is 14.4. The number of halogens is 3. The molecule has 0 saturated heterocycles. The molecule has 138 valence electrons. The van der Waals surface area contributed by atoms with Gasteiger partial charge in [-0.15, -0.1) is 0 Å². The first-order chi connectivity index (χ1) is 11.5. The third-order valence-corrected chi connectivity index (χ3v) is 3.18. The lowest BCUT2D eigenvalue weighted by molar-refractivity contribution is -0.137. The average molecular weight is 358 g/mol. The molecule has 7 nitrogen and oxygen atoms in total. The fourth-order valence-corrected chi connectivity index (χ4v) is 2.19. The first kappa shape index (κ1) is 19.0. The van der Waals surface area contributed by atoms with Gasteiger partial charge in [-0.2, -0.15) is 23.3 Å². The fourth-order valence-electron chi connectivity index (χ4n) is 2.19. The Hall–Kier alpha value is -2.36. The molecule has 0 aliphatic carbocycles. The van der Waals surface area contributed by atoms with Crippen molar-refractivity contribution in [1.82, 2.24) is 19.7 Å². The summed E-state index contributed by atoms with van der Waals surface area (Å²) >= 11 is 0. The van der Waals surface area contributed by atoms with E-state index in [-0.39, 0.29) is 18.3 Å². The average Bonchev–Trinajstić information content (AvgIpc) is 2.75. The van der Waals surface area contributed by atoms with Gasteiger partial charge in [0, 0.05) is 18.9 Å². The van der Waals surface area contributed by atoms with Crippen molar-refractivity contribution in [3.05, 3.63) is 23.7 Å². The number of aromatic nitrogens is 4. The van der Waals surface area contributed by atoms with Gasteiger partial charge in [0.1, 0.15) is 11.4 Å². The van der Waals surface area contributed by atoms with E-state index >= 15 is 0 Å². The maximum Gasteiger partial charge on any atom is 0.421 e. The lowest BCUT2D eigenvalue weighted by Crippen LogP contribution is -2.26. The van der Waals surface area contributed by atoms with Crippen molar-refractivity contribution >= 4 is 17.5 Å². The van der Waals surface area contributed by atoms with Gasteiger partial charge >= 0.3 is 6.18 Å². The minimum Gasteiger partial charge on any atom is -0.389 e. The first-order valence-electron chi connectivity index (χ1n) is 7.71. The molecule has 0 atom stereocenters. The van der Waals surface area contributed by atoms with E-state index in [1.54, 1.807) is 38.6 Å². The van der Waals surface area contributed by atoms with Crippen LogP contribution in [0.5, 0.6) is 0 Å². The van der Waals surface area contributed by atoms with E-state index in [2.05, 4.69) is 25.7 Å². The maximum absolute atomic E-state index is 13.0. The van der Waals surface area contributed by atoms with Crippen molar-refractivity contribution in [3.63, 3.8) is 0 Å². The van der Waals surface area contributed by atoms with Gasteiger partial charge in [-0.25, -0.2) is 4.98 Å². The Morgan fingerprint density at radius 2 is 1.96 bits per heavy atom. The van der Waals surface area contributed by atoms with Gasteiger partial charge in [0.25, 0.3) is 0 Å². The topological polar surface area (TPSA) is 87.9 Å². The molecule has 2 aromatic rings. The van der Waals surface area contributed by atoms with Crippen LogP contribution in [0.15, 0.2) is 12.4 Å². The summed E-state index contributed by atoms with van der Waals surface area (Å²) in [4.78, 5) is 7.65. The largest absolute Gasteiger partial charge is 0.421 e. The van der Waals surface area contributed by atoms with Crippen LogP contribution in [0.3, 0.4) is 0 Å². The van der Waals surface area contributed by atoms with E-state index in [4.69, 9.17) is 0 Å². The van der Waals surface area contributed by atoms with Crippen molar-refractivity contribution in [3.8, 4) is 0 Å². The minimum absolute atomic E-state index is 0.0230. The maximum atomic E-state index is 13.0. The first-order valence-corrected chi connectivity index (χ1v) is 7.71. The molecule has 0 saturated carbocycles. The third-order valence-electron chi connectivity index (χ3n) is 3.18. The minimum atomic E-state index is -4.54. The molecule has 2 aromatic heterocycles. The standard InChI is InChI=1S/C15H21F3N6O/c1-5-19-12-10(15(16,17)18)6-20-13(22-12)21-11-7-24(23-9(11)2)8-14(3,4)25/h6-7,25H,5,8H2,1-4H3,(H2,19,20,21,22). The van der Waals surface area contributed by atoms with Crippen LogP contribution in [-0.4, -0.2) is 37.0 Å². The highest BCUT2D eigenvalue weighted by molar-refractivity contribution is 5.57. The molecule has 0 aliphatic rings. The van der Waals surface area contributed by atoms with Gasteiger partial charge in [-0.1, -0.05) is 0 Å². The Labute approximate surface area is 143 Å². The van der Waals surface area contributed by atoms with Crippen molar-refractivity contribution in [2.45, 2.75) is 46.0 Å². The summed E-state index contributed by atoms with van der Waals surface area (Å²) < 4.78 is 40.5. The zero-order chi connectivity index (χ0) is 18.8. The van der Waals surface area contributed by atoms with E-state index in [1.165, 1.54) is 0 Å². The normalized spacial score (nSPS) is 12.3. The molecule has 0 amide bonds. The van der Waals surface area contributed by atoms with Crippen molar-refractivity contribution < 1.29 is 18.3 Å². The van der Waals surface area contributed by atoms with Gasteiger partial charge in [0.05, 0.1) is 23.5 Å². The summed E-state index contributed by atoms with van der Waals surface area (Å²) in [6.07, 6.45) is -2.16. The van der Waals surface area contributed by atoms with E-state index in [1.807, 2.05) is 0 Å². The number of nitrogens with zero attached hydrogens (tertiary/aromatic N) is 4. The van der Waals surface area contributed by atoms with Gasteiger partial charge in [0.2, 0.25) is 5.95 Å². The fraction of sp³-hybridized carbons (Fsp3) is 0.533. The molecule has 0 fully saturated rings. The molecule has 0 aliphatic heterocycles. The molecule has 0 unspecified atom stereocenters.